The van der Waals surface area contributed by atoms with Crippen LogP contribution in [0.2, 0.25) is 0 Å². The van der Waals surface area contributed by atoms with Gasteiger partial charge in [0.25, 0.3) is 5.91 Å². The maximum Gasteiger partial charge on any atom is 0.254 e. The first-order valence-corrected chi connectivity index (χ1v) is 9.71. The zero-order valence-electron chi connectivity index (χ0n) is 15.2. The van der Waals surface area contributed by atoms with E-state index in [1.165, 1.54) is 11.8 Å². The van der Waals surface area contributed by atoms with Crippen LogP contribution in [0.15, 0.2) is 58.3 Å². The predicted octanol–water partition coefficient (Wildman–Crippen LogP) is 3.40. The monoisotopic (exact) mass is 379 g/mol. The van der Waals surface area contributed by atoms with Gasteiger partial charge in [-0.3, -0.25) is 9.59 Å². The molecule has 5 nitrogen and oxygen atoms in total. The molecule has 27 heavy (non-hydrogen) atoms. The SMILES string of the molecule is CN(CCN1CCCC1=O)C(=O)c1ccccc1Sc1ccccc1C#N. The van der Waals surface area contributed by atoms with Crippen molar-refractivity contribution in [2.24, 2.45) is 0 Å². The first-order valence-electron chi connectivity index (χ1n) is 8.89. The molecule has 0 aromatic heterocycles. The van der Waals surface area contributed by atoms with Crippen LogP contribution >= 0.6 is 11.8 Å². The summed E-state index contributed by atoms with van der Waals surface area (Å²) in [5, 5.41) is 9.29. The van der Waals surface area contributed by atoms with Crippen LogP contribution in [-0.4, -0.2) is 48.3 Å². The zero-order chi connectivity index (χ0) is 19.2. The molecule has 1 saturated heterocycles. The second-order valence-corrected chi connectivity index (χ2v) is 7.50. The molecule has 3 rings (SSSR count). The molecule has 0 aliphatic carbocycles. The molecule has 0 spiro atoms. The molecular formula is C21H21N3O2S. The van der Waals surface area contributed by atoms with Crippen molar-refractivity contribution in [1.82, 2.24) is 9.80 Å². The highest BCUT2D eigenvalue weighted by Gasteiger charge is 2.22. The summed E-state index contributed by atoms with van der Waals surface area (Å²) in [4.78, 5) is 29.8. The maximum absolute atomic E-state index is 12.9. The molecule has 2 aromatic rings. The van der Waals surface area contributed by atoms with E-state index in [9.17, 15) is 14.9 Å². The average Bonchev–Trinajstić information content (AvgIpc) is 3.11. The van der Waals surface area contributed by atoms with Crippen LogP contribution in [0.25, 0.3) is 0 Å². The smallest absolute Gasteiger partial charge is 0.254 e. The van der Waals surface area contributed by atoms with E-state index in [4.69, 9.17) is 0 Å². The third kappa shape index (κ3) is 4.50. The molecule has 1 aliphatic rings. The number of amides is 2. The predicted molar refractivity (Wildman–Crippen MR) is 104 cm³/mol. The lowest BCUT2D eigenvalue weighted by molar-refractivity contribution is -0.127. The summed E-state index contributed by atoms with van der Waals surface area (Å²) in [6, 6.07) is 17.0. The molecule has 138 valence electrons. The quantitative estimate of drug-likeness (QED) is 0.772. The largest absolute Gasteiger partial charge is 0.341 e. The van der Waals surface area contributed by atoms with Gasteiger partial charge >= 0.3 is 0 Å². The van der Waals surface area contributed by atoms with E-state index in [0.29, 0.717) is 30.6 Å². The normalized spacial score (nSPS) is 13.5. The Hall–Kier alpha value is -2.78. The molecule has 0 bridgehead atoms. The Bertz CT molecular complexity index is 891. The lowest BCUT2D eigenvalue weighted by Crippen LogP contribution is -2.37. The lowest BCUT2D eigenvalue weighted by atomic mass is 10.2. The number of carbonyl (C=O) groups excluding carboxylic acids is 2. The van der Waals surface area contributed by atoms with Gasteiger partial charge in [0.05, 0.1) is 11.1 Å². The van der Waals surface area contributed by atoms with Crippen molar-refractivity contribution in [3.8, 4) is 6.07 Å². The molecule has 1 fully saturated rings. The highest BCUT2D eigenvalue weighted by molar-refractivity contribution is 7.99. The van der Waals surface area contributed by atoms with Crippen molar-refractivity contribution < 1.29 is 9.59 Å². The van der Waals surface area contributed by atoms with Gasteiger partial charge in [-0.1, -0.05) is 36.0 Å². The summed E-state index contributed by atoms with van der Waals surface area (Å²) < 4.78 is 0. The topological polar surface area (TPSA) is 64.4 Å². The van der Waals surface area contributed by atoms with E-state index in [-0.39, 0.29) is 11.8 Å². The van der Waals surface area contributed by atoms with E-state index in [0.717, 1.165) is 22.8 Å². The highest BCUT2D eigenvalue weighted by Crippen LogP contribution is 2.33. The second-order valence-electron chi connectivity index (χ2n) is 6.42. The first-order chi connectivity index (χ1) is 13.1. The molecule has 0 N–H and O–H groups in total. The van der Waals surface area contributed by atoms with Crippen LogP contribution in [0.5, 0.6) is 0 Å². The Morgan fingerprint density at radius 1 is 1.19 bits per heavy atom. The Balaban J connectivity index is 1.73. The van der Waals surface area contributed by atoms with Gasteiger partial charge in [0, 0.05) is 42.9 Å². The molecule has 2 aromatic carbocycles. The van der Waals surface area contributed by atoms with Crippen molar-refractivity contribution in [3.05, 3.63) is 59.7 Å². The standard InChI is InChI=1S/C21H21N3O2S/c1-23(13-14-24-12-6-11-20(24)25)21(26)17-8-3-5-10-19(17)27-18-9-4-2-7-16(18)15-22/h2-5,7-10H,6,11-14H2,1H3. The first kappa shape index (κ1) is 19.0. The molecule has 0 radical (unpaired) electrons. The molecule has 0 saturated carbocycles. The Morgan fingerprint density at radius 2 is 1.89 bits per heavy atom. The maximum atomic E-state index is 12.9. The Labute approximate surface area is 163 Å². The fourth-order valence-electron chi connectivity index (χ4n) is 3.02. The number of carbonyl (C=O) groups is 2. The zero-order valence-corrected chi connectivity index (χ0v) is 16.0. The van der Waals surface area contributed by atoms with E-state index < -0.39 is 0 Å². The van der Waals surface area contributed by atoms with E-state index in [1.807, 2.05) is 41.3 Å². The minimum Gasteiger partial charge on any atom is -0.341 e. The van der Waals surface area contributed by atoms with Gasteiger partial charge in [-0.25, -0.2) is 0 Å². The van der Waals surface area contributed by atoms with Crippen LogP contribution in [0.3, 0.4) is 0 Å². The van der Waals surface area contributed by atoms with Crippen molar-refractivity contribution >= 4 is 23.6 Å². The number of nitriles is 1. The van der Waals surface area contributed by atoms with Gasteiger partial charge in [0.15, 0.2) is 0 Å². The summed E-state index contributed by atoms with van der Waals surface area (Å²) in [5.74, 6) is 0.0825. The van der Waals surface area contributed by atoms with Crippen LogP contribution in [0, 0.1) is 11.3 Å². The second kappa shape index (κ2) is 8.74. The van der Waals surface area contributed by atoms with Gasteiger partial charge in [-0.2, -0.15) is 5.26 Å². The fraction of sp³-hybridized carbons (Fsp3) is 0.286. The Morgan fingerprint density at radius 3 is 2.59 bits per heavy atom. The van der Waals surface area contributed by atoms with E-state index >= 15 is 0 Å². The molecule has 1 heterocycles. The summed E-state index contributed by atoms with van der Waals surface area (Å²) in [6.07, 6.45) is 1.50. The lowest BCUT2D eigenvalue weighted by Gasteiger charge is -2.22. The third-order valence-corrected chi connectivity index (χ3v) is 5.72. The van der Waals surface area contributed by atoms with Crippen LogP contribution in [-0.2, 0) is 4.79 Å². The molecular weight excluding hydrogens is 358 g/mol. The summed E-state index contributed by atoms with van der Waals surface area (Å²) >= 11 is 1.42. The Kier molecular flexibility index (Phi) is 6.15. The fourth-order valence-corrected chi connectivity index (χ4v) is 4.04. The minimum absolute atomic E-state index is 0.0841. The number of benzene rings is 2. The number of rotatable bonds is 6. The summed E-state index contributed by atoms with van der Waals surface area (Å²) in [5.41, 5.74) is 1.19. The highest BCUT2D eigenvalue weighted by atomic mass is 32.2. The van der Waals surface area contributed by atoms with Gasteiger partial charge in [0.2, 0.25) is 5.91 Å². The van der Waals surface area contributed by atoms with E-state index in [1.54, 1.807) is 24.1 Å². The number of nitrogens with zero attached hydrogens (tertiary/aromatic N) is 3. The van der Waals surface area contributed by atoms with Gasteiger partial charge in [0.1, 0.15) is 6.07 Å². The van der Waals surface area contributed by atoms with Gasteiger partial charge < -0.3 is 9.80 Å². The third-order valence-electron chi connectivity index (χ3n) is 4.57. The average molecular weight is 379 g/mol. The number of likely N-dealkylation sites (N-methyl/N-ethyl adjacent to an activating group) is 1. The summed E-state index contributed by atoms with van der Waals surface area (Å²) in [6.45, 7) is 1.84. The number of hydrogen-bond donors (Lipinski definition) is 0. The molecule has 1 aliphatic heterocycles. The van der Waals surface area contributed by atoms with Gasteiger partial charge in [-0.05, 0) is 30.7 Å². The summed E-state index contributed by atoms with van der Waals surface area (Å²) in [7, 11) is 1.76. The van der Waals surface area contributed by atoms with Gasteiger partial charge in [-0.15, -0.1) is 0 Å². The van der Waals surface area contributed by atoms with Crippen LogP contribution in [0.1, 0.15) is 28.8 Å². The van der Waals surface area contributed by atoms with Crippen molar-refractivity contribution in [2.75, 3.05) is 26.7 Å². The number of hydrogen-bond acceptors (Lipinski definition) is 4. The number of likely N-dealkylation sites (tertiary alicyclic amines) is 1. The van der Waals surface area contributed by atoms with Crippen molar-refractivity contribution in [1.29, 1.82) is 5.26 Å². The van der Waals surface area contributed by atoms with Crippen molar-refractivity contribution in [3.63, 3.8) is 0 Å². The molecule has 0 unspecified atom stereocenters. The molecule has 0 atom stereocenters. The minimum atomic E-state index is -0.0841. The molecule has 6 heteroatoms. The van der Waals surface area contributed by atoms with Crippen molar-refractivity contribution in [2.45, 2.75) is 22.6 Å². The molecule has 2 amide bonds. The van der Waals surface area contributed by atoms with Crippen LogP contribution in [0.4, 0.5) is 0 Å². The van der Waals surface area contributed by atoms with E-state index in [2.05, 4.69) is 6.07 Å². The van der Waals surface area contributed by atoms with Crippen LogP contribution < -0.4 is 0 Å².